The fourth-order valence-corrected chi connectivity index (χ4v) is 2.17. The molecule has 2 amide bonds. The molecule has 6 nitrogen and oxygen atoms in total. The Bertz CT molecular complexity index is 800. The van der Waals surface area contributed by atoms with Crippen molar-refractivity contribution >= 4 is 23.5 Å². The first-order valence-electron chi connectivity index (χ1n) is 8.17. The smallest absolute Gasteiger partial charge is 0.330 e. The van der Waals surface area contributed by atoms with Gasteiger partial charge in [-0.1, -0.05) is 42.5 Å². The molecule has 6 heteroatoms. The first kappa shape index (κ1) is 18.9. The lowest BCUT2D eigenvalue weighted by Crippen LogP contribution is -2.24. The van der Waals surface area contributed by atoms with E-state index in [1.807, 2.05) is 30.3 Å². The van der Waals surface area contributed by atoms with Crippen LogP contribution in [0.3, 0.4) is 0 Å². The second-order valence-corrected chi connectivity index (χ2v) is 5.29. The van der Waals surface area contributed by atoms with Crippen LogP contribution < -0.4 is 10.6 Å². The Kier molecular flexibility index (Phi) is 7.12. The summed E-state index contributed by atoms with van der Waals surface area (Å²) >= 11 is 0. The number of carbonyl (C=O) groups is 3. The standard InChI is InChI=1S/C20H20N2O4/c1-2-26-19(24)13-12-18(23)22-17-11-7-6-10-16(17)20(25)21-14-15-8-4-3-5-9-15/h3-13H,2,14H2,1H3,(H,21,25)(H,22,23). The minimum absolute atomic E-state index is 0.231. The minimum Gasteiger partial charge on any atom is -0.463 e. The third-order valence-corrected chi connectivity index (χ3v) is 3.38. The van der Waals surface area contributed by atoms with Crippen LogP contribution in [0.1, 0.15) is 22.8 Å². The van der Waals surface area contributed by atoms with E-state index in [4.69, 9.17) is 4.74 Å². The molecular formula is C20H20N2O4. The van der Waals surface area contributed by atoms with Gasteiger partial charge < -0.3 is 15.4 Å². The maximum Gasteiger partial charge on any atom is 0.330 e. The molecule has 0 aromatic heterocycles. The van der Waals surface area contributed by atoms with Gasteiger partial charge in [0.2, 0.25) is 5.91 Å². The number of hydrogen-bond donors (Lipinski definition) is 2. The van der Waals surface area contributed by atoms with Gasteiger partial charge in [0, 0.05) is 18.7 Å². The van der Waals surface area contributed by atoms with Crippen LogP contribution in [0.2, 0.25) is 0 Å². The molecular weight excluding hydrogens is 332 g/mol. The minimum atomic E-state index is -0.600. The average Bonchev–Trinajstić information content (AvgIpc) is 2.66. The van der Waals surface area contributed by atoms with Crippen LogP contribution in [0.5, 0.6) is 0 Å². The number of rotatable bonds is 7. The Hall–Kier alpha value is -3.41. The second-order valence-electron chi connectivity index (χ2n) is 5.29. The number of ether oxygens (including phenoxy) is 1. The number of para-hydroxylation sites is 1. The summed E-state index contributed by atoms with van der Waals surface area (Å²) in [5.74, 6) is -1.43. The van der Waals surface area contributed by atoms with E-state index >= 15 is 0 Å². The zero-order chi connectivity index (χ0) is 18.8. The van der Waals surface area contributed by atoms with E-state index in [-0.39, 0.29) is 12.5 Å². The van der Waals surface area contributed by atoms with Gasteiger partial charge in [-0.25, -0.2) is 4.79 Å². The number of amides is 2. The van der Waals surface area contributed by atoms with E-state index in [0.29, 0.717) is 17.8 Å². The van der Waals surface area contributed by atoms with Gasteiger partial charge in [-0.3, -0.25) is 9.59 Å². The lowest BCUT2D eigenvalue weighted by molar-refractivity contribution is -0.137. The first-order valence-corrected chi connectivity index (χ1v) is 8.17. The van der Waals surface area contributed by atoms with Crippen molar-refractivity contribution in [2.45, 2.75) is 13.5 Å². The summed E-state index contributed by atoms with van der Waals surface area (Å²) in [4.78, 5) is 35.6. The predicted octanol–water partition coefficient (Wildman–Crippen LogP) is 2.67. The maximum absolute atomic E-state index is 12.4. The Morgan fingerprint density at radius 2 is 1.65 bits per heavy atom. The predicted molar refractivity (Wildman–Crippen MR) is 98.5 cm³/mol. The molecule has 0 radical (unpaired) electrons. The van der Waals surface area contributed by atoms with Gasteiger partial charge >= 0.3 is 5.97 Å². The molecule has 0 aliphatic rings. The largest absolute Gasteiger partial charge is 0.463 e. The Balaban J connectivity index is 2.01. The highest BCUT2D eigenvalue weighted by molar-refractivity contribution is 6.07. The lowest BCUT2D eigenvalue weighted by atomic mass is 10.1. The lowest BCUT2D eigenvalue weighted by Gasteiger charge is -2.10. The Labute approximate surface area is 151 Å². The molecule has 2 N–H and O–H groups in total. The van der Waals surface area contributed by atoms with E-state index in [2.05, 4.69) is 10.6 Å². The fourth-order valence-electron chi connectivity index (χ4n) is 2.17. The highest BCUT2D eigenvalue weighted by atomic mass is 16.5. The van der Waals surface area contributed by atoms with E-state index in [1.54, 1.807) is 31.2 Å². The average molecular weight is 352 g/mol. The van der Waals surface area contributed by atoms with E-state index < -0.39 is 11.9 Å². The van der Waals surface area contributed by atoms with Gasteiger partial charge in [-0.2, -0.15) is 0 Å². The number of carbonyl (C=O) groups excluding carboxylic acids is 3. The van der Waals surface area contributed by atoms with Crippen molar-refractivity contribution in [2.24, 2.45) is 0 Å². The number of benzene rings is 2. The second kappa shape index (κ2) is 9.78. The summed E-state index contributed by atoms with van der Waals surface area (Å²) in [6.07, 6.45) is 2.10. The number of nitrogens with one attached hydrogen (secondary N) is 2. The molecule has 0 saturated heterocycles. The van der Waals surface area contributed by atoms with Crippen LogP contribution in [0.25, 0.3) is 0 Å². The SMILES string of the molecule is CCOC(=O)C=CC(=O)Nc1ccccc1C(=O)NCc1ccccc1. The summed E-state index contributed by atoms with van der Waals surface area (Å²) in [7, 11) is 0. The van der Waals surface area contributed by atoms with Crippen molar-refractivity contribution in [3.05, 3.63) is 77.9 Å². The molecule has 0 fully saturated rings. The van der Waals surface area contributed by atoms with Crippen LogP contribution in [0, 0.1) is 0 Å². The third kappa shape index (κ3) is 5.90. The monoisotopic (exact) mass is 352 g/mol. The van der Waals surface area contributed by atoms with Gasteiger partial charge in [0.25, 0.3) is 5.91 Å². The number of hydrogen-bond acceptors (Lipinski definition) is 4. The molecule has 0 aliphatic carbocycles. The molecule has 2 rings (SSSR count). The molecule has 0 saturated carbocycles. The summed E-state index contributed by atoms with van der Waals surface area (Å²) < 4.78 is 4.71. The molecule has 0 heterocycles. The van der Waals surface area contributed by atoms with Crippen molar-refractivity contribution < 1.29 is 19.1 Å². The van der Waals surface area contributed by atoms with Gasteiger partial charge in [0.15, 0.2) is 0 Å². The van der Waals surface area contributed by atoms with E-state index in [1.165, 1.54) is 0 Å². The van der Waals surface area contributed by atoms with Gasteiger partial charge in [0.05, 0.1) is 17.9 Å². The summed E-state index contributed by atoms with van der Waals surface area (Å²) in [5.41, 5.74) is 1.66. The van der Waals surface area contributed by atoms with Crippen molar-refractivity contribution in [3.63, 3.8) is 0 Å². The number of anilines is 1. The zero-order valence-corrected chi connectivity index (χ0v) is 14.4. The quantitative estimate of drug-likeness (QED) is 0.593. The molecule has 2 aromatic carbocycles. The van der Waals surface area contributed by atoms with Crippen LogP contribution in [-0.4, -0.2) is 24.4 Å². The Morgan fingerprint density at radius 1 is 0.962 bits per heavy atom. The van der Waals surface area contributed by atoms with Crippen LogP contribution in [0.4, 0.5) is 5.69 Å². The molecule has 26 heavy (non-hydrogen) atoms. The van der Waals surface area contributed by atoms with Crippen LogP contribution >= 0.6 is 0 Å². The van der Waals surface area contributed by atoms with Crippen LogP contribution in [-0.2, 0) is 20.9 Å². The fraction of sp³-hybridized carbons (Fsp3) is 0.150. The van der Waals surface area contributed by atoms with Gasteiger partial charge in [-0.15, -0.1) is 0 Å². The zero-order valence-electron chi connectivity index (χ0n) is 14.4. The molecule has 0 aliphatic heterocycles. The van der Waals surface area contributed by atoms with Gasteiger partial charge in [-0.05, 0) is 24.6 Å². The van der Waals surface area contributed by atoms with Crippen molar-refractivity contribution in [2.75, 3.05) is 11.9 Å². The summed E-state index contributed by atoms with van der Waals surface area (Å²) in [6, 6.07) is 16.2. The van der Waals surface area contributed by atoms with E-state index in [0.717, 1.165) is 17.7 Å². The molecule has 134 valence electrons. The molecule has 0 bridgehead atoms. The normalized spacial score (nSPS) is 10.3. The third-order valence-electron chi connectivity index (χ3n) is 3.38. The molecule has 0 spiro atoms. The first-order chi connectivity index (χ1) is 12.6. The Morgan fingerprint density at radius 3 is 2.38 bits per heavy atom. The summed E-state index contributed by atoms with van der Waals surface area (Å²) in [5, 5.41) is 5.41. The van der Waals surface area contributed by atoms with Crippen LogP contribution in [0.15, 0.2) is 66.7 Å². The summed E-state index contributed by atoms with van der Waals surface area (Å²) in [6.45, 7) is 2.29. The highest BCUT2D eigenvalue weighted by Gasteiger charge is 2.12. The van der Waals surface area contributed by atoms with Crippen molar-refractivity contribution in [3.8, 4) is 0 Å². The van der Waals surface area contributed by atoms with Gasteiger partial charge in [0.1, 0.15) is 0 Å². The van der Waals surface area contributed by atoms with Crippen molar-refractivity contribution in [1.29, 1.82) is 0 Å². The van der Waals surface area contributed by atoms with Crippen molar-refractivity contribution in [1.82, 2.24) is 5.32 Å². The maximum atomic E-state index is 12.4. The van der Waals surface area contributed by atoms with E-state index in [9.17, 15) is 14.4 Å². The molecule has 0 unspecified atom stereocenters. The molecule has 2 aromatic rings. The number of esters is 1. The topological polar surface area (TPSA) is 84.5 Å². The highest BCUT2D eigenvalue weighted by Crippen LogP contribution is 2.15. The molecule has 0 atom stereocenters.